The fourth-order valence-corrected chi connectivity index (χ4v) is 4.54. The summed E-state index contributed by atoms with van der Waals surface area (Å²) in [5.74, 6) is -0.0848. The van der Waals surface area contributed by atoms with Crippen LogP contribution in [0.1, 0.15) is 74.7 Å². The minimum absolute atomic E-state index is 0.220. The number of hydrogen-bond acceptors (Lipinski definition) is 5. The summed E-state index contributed by atoms with van der Waals surface area (Å²) < 4.78 is 1.62. The Morgan fingerprint density at radius 2 is 1.52 bits per heavy atom. The van der Waals surface area contributed by atoms with Gasteiger partial charge in [0.2, 0.25) is 0 Å². The van der Waals surface area contributed by atoms with Gasteiger partial charge in [-0.25, -0.2) is 0 Å². The third-order valence-corrected chi connectivity index (χ3v) is 6.12. The highest BCUT2D eigenvalue weighted by atomic mass is 16.2. The van der Waals surface area contributed by atoms with Crippen molar-refractivity contribution in [2.45, 2.75) is 57.9 Å². The molecule has 3 aromatic heterocycles. The quantitative estimate of drug-likeness (QED) is 0.498. The molecule has 162 valence electrons. The van der Waals surface area contributed by atoms with E-state index in [1.165, 1.54) is 0 Å². The smallest absolute Gasteiger partial charge is 0.277 e. The molecule has 0 spiro atoms. The van der Waals surface area contributed by atoms with E-state index >= 15 is 0 Å². The third kappa shape index (κ3) is 3.73. The molecule has 2 aliphatic carbocycles. The van der Waals surface area contributed by atoms with Gasteiger partial charge in [-0.1, -0.05) is 0 Å². The molecule has 0 aliphatic heterocycles. The van der Waals surface area contributed by atoms with Gasteiger partial charge in [-0.3, -0.25) is 24.5 Å². The summed E-state index contributed by atoms with van der Waals surface area (Å²) >= 11 is 0. The molecule has 3 heterocycles. The zero-order chi connectivity index (χ0) is 21.4. The molecule has 2 amide bonds. The van der Waals surface area contributed by atoms with Crippen molar-refractivity contribution in [3.63, 3.8) is 0 Å². The van der Waals surface area contributed by atoms with Crippen LogP contribution in [0, 0.1) is 0 Å². The highest BCUT2D eigenvalue weighted by Gasteiger charge is 2.24. The summed E-state index contributed by atoms with van der Waals surface area (Å²) in [6, 6.07) is 0. The summed E-state index contributed by atoms with van der Waals surface area (Å²) in [7, 11) is 1.78. The summed E-state index contributed by atoms with van der Waals surface area (Å²) in [5, 5.41) is 24.6. The molecule has 10 nitrogen and oxygen atoms in total. The maximum Gasteiger partial charge on any atom is 0.277 e. The van der Waals surface area contributed by atoms with Crippen molar-refractivity contribution >= 4 is 17.6 Å². The normalized spacial score (nSPS) is 15.3. The lowest BCUT2D eigenvalue weighted by Crippen LogP contribution is -2.25. The fraction of sp³-hybridized carbons (Fsp3) is 0.476. The van der Waals surface area contributed by atoms with Gasteiger partial charge in [-0.05, 0) is 51.4 Å². The Labute approximate surface area is 179 Å². The van der Waals surface area contributed by atoms with E-state index in [9.17, 15) is 9.59 Å². The second kappa shape index (κ2) is 8.01. The lowest BCUT2D eigenvalue weighted by molar-refractivity contribution is 0.0944. The number of aromatic nitrogens is 6. The van der Waals surface area contributed by atoms with Gasteiger partial charge in [-0.15, -0.1) is 0 Å². The van der Waals surface area contributed by atoms with E-state index in [0.29, 0.717) is 17.2 Å². The van der Waals surface area contributed by atoms with Gasteiger partial charge in [0.15, 0.2) is 17.2 Å². The van der Waals surface area contributed by atoms with E-state index in [0.717, 1.165) is 79.4 Å². The van der Waals surface area contributed by atoms with Crippen LogP contribution in [0.5, 0.6) is 0 Å². The molecular formula is C21H26N8O2. The molecule has 4 N–H and O–H groups in total. The molecule has 3 aromatic rings. The van der Waals surface area contributed by atoms with Crippen molar-refractivity contribution in [2.75, 3.05) is 5.32 Å². The van der Waals surface area contributed by atoms with Gasteiger partial charge >= 0.3 is 0 Å². The van der Waals surface area contributed by atoms with Crippen LogP contribution in [0.25, 0.3) is 0 Å². The minimum atomic E-state index is -0.285. The lowest BCUT2D eigenvalue weighted by Gasteiger charge is -2.11. The van der Waals surface area contributed by atoms with Crippen LogP contribution in [0.3, 0.4) is 0 Å². The van der Waals surface area contributed by atoms with Gasteiger partial charge in [0, 0.05) is 47.9 Å². The third-order valence-electron chi connectivity index (χ3n) is 6.12. The number of anilines is 1. The van der Waals surface area contributed by atoms with Gasteiger partial charge in [0.25, 0.3) is 11.8 Å². The largest absolute Gasteiger partial charge is 0.346 e. The van der Waals surface area contributed by atoms with E-state index in [-0.39, 0.29) is 18.4 Å². The van der Waals surface area contributed by atoms with E-state index in [1.807, 2.05) is 0 Å². The Morgan fingerprint density at radius 1 is 0.935 bits per heavy atom. The Morgan fingerprint density at radius 3 is 2.16 bits per heavy atom. The Kier molecular flexibility index (Phi) is 5.05. The Hall–Kier alpha value is -3.43. The SMILES string of the molecule is Cn1cc(CNC(=O)c2n[nH]c3c2CCCC3)c(NC(=O)c2n[nH]c3c2CCCC3)n1. The van der Waals surface area contributed by atoms with Crippen molar-refractivity contribution in [1.82, 2.24) is 35.5 Å². The van der Waals surface area contributed by atoms with Gasteiger partial charge < -0.3 is 10.6 Å². The topological polar surface area (TPSA) is 133 Å². The number of nitrogens with one attached hydrogen (secondary N) is 4. The first-order valence-electron chi connectivity index (χ1n) is 10.8. The molecule has 0 saturated carbocycles. The minimum Gasteiger partial charge on any atom is -0.346 e. The van der Waals surface area contributed by atoms with Crippen LogP contribution in [-0.4, -0.2) is 42.0 Å². The number of amides is 2. The predicted octanol–water partition coefficient (Wildman–Crippen LogP) is 1.81. The maximum absolute atomic E-state index is 12.8. The van der Waals surface area contributed by atoms with Gasteiger partial charge in [0.1, 0.15) is 0 Å². The van der Waals surface area contributed by atoms with Gasteiger partial charge in [0.05, 0.1) is 0 Å². The first kappa shape index (κ1) is 19.5. The number of hydrogen-bond donors (Lipinski definition) is 4. The van der Waals surface area contributed by atoms with E-state index in [4.69, 9.17) is 0 Å². The molecule has 0 bridgehead atoms. The van der Waals surface area contributed by atoms with Crippen LogP contribution in [-0.2, 0) is 39.3 Å². The highest BCUT2D eigenvalue weighted by Crippen LogP contribution is 2.24. The summed E-state index contributed by atoms with van der Waals surface area (Å²) in [4.78, 5) is 25.6. The van der Waals surface area contributed by atoms with Crippen LogP contribution < -0.4 is 10.6 Å². The van der Waals surface area contributed by atoms with Crippen molar-refractivity contribution in [3.8, 4) is 0 Å². The molecule has 0 fully saturated rings. The number of aromatic amines is 2. The van der Waals surface area contributed by atoms with Crippen LogP contribution >= 0.6 is 0 Å². The number of aryl methyl sites for hydroxylation is 3. The first-order valence-corrected chi connectivity index (χ1v) is 10.8. The summed E-state index contributed by atoms with van der Waals surface area (Å²) in [6.07, 6.45) is 9.74. The molecule has 10 heteroatoms. The van der Waals surface area contributed by atoms with E-state index < -0.39 is 0 Å². The van der Waals surface area contributed by atoms with Crippen molar-refractivity contribution < 1.29 is 9.59 Å². The second-order valence-corrected chi connectivity index (χ2v) is 8.29. The van der Waals surface area contributed by atoms with Crippen LogP contribution in [0.2, 0.25) is 0 Å². The monoisotopic (exact) mass is 422 g/mol. The molecule has 0 aromatic carbocycles. The Balaban J connectivity index is 1.28. The number of fused-ring (bicyclic) bond motifs is 2. The predicted molar refractivity (Wildman–Crippen MR) is 113 cm³/mol. The number of carbonyl (C=O) groups excluding carboxylic acids is 2. The number of nitrogens with zero attached hydrogens (tertiary/aromatic N) is 4. The number of carbonyl (C=O) groups is 2. The molecule has 31 heavy (non-hydrogen) atoms. The first-order chi connectivity index (χ1) is 15.1. The molecule has 0 unspecified atom stereocenters. The second-order valence-electron chi connectivity index (χ2n) is 8.29. The lowest BCUT2D eigenvalue weighted by atomic mass is 9.96. The van der Waals surface area contributed by atoms with E-state index in [1.54, 1.807) is 17.9 Å². The van der Waals surface area contributed by atoms with Crippen molar-refractivity contribution in [1.29, 1.82) is 0 Å². The number of H-pyrrole nitrogens is 2. The van der Waals surface area contributed by atoms with Crippen LogP contribution in [0.15, 0.2) is 6.20 Å². The highest BCUT2D eigenvalue weighted by molar-refractivity contribution is 6.04. The molecule has 5 rings (SSSR count). The molecule has 0 radical (unpaired) electrons. The molecular weight excluding hydrogens is 396 g/mol. The van der Waals surface area contributed by atoms with Gasteiger partial charge in [-0.2, -0.15) is 15.3 Å². The molecule has 0 atom stereocenters. The van der Waals surface area contributed by atoms with Crippen molar-refractivity contribution in [3.05, 3.63) is 45.7 Å². The molecule has 0 saturated heterocycles. The zero-order valence-electron chi connectivity index (χ0n) is 17.5. The fourth-order valence-electron chi connectivity index (χ4n) is 4.54. The average Bonchev–Trinajstić information content (AvgIpc) is 3.48. The van der Waals surface area contributed by atoms with E-state index in [2.05, 4.69) is 36.1 Å². The molecule has 2 aliphatic rings. The van der Waals surface area contributed by atoms with Crippen LogP contribution in [0.4, 0.5) is 5.82 Å². The maximum atomic E-state index is 12.8. The average molecular weight is 422 g/mol. The standard InChI is InChI=1S/C21H26N8O2/c1-29-11-12(10-22-20(30)17-13-6-2-4-8-15(13)24-26-17)19(28-29)23-21(31)18-14-7-3-5-9-16(14)25-27-18/h11H,2-10H2,1H3,(H,22,30)(H,24,26)(H,25,27)(H,23,28,31). The van der Waals surface area contributed by atoms with Crippen molar-refractivity contribution in [2.24, 2.45) is 7.05 Å². The zero-order valence-corrected chi connectivity index (χ0v) is 17.5. The summed E-state index contributed by atoms with van der Waals surface area (Å²) in [5.41, 5.74) is 5.74. The summed E-state index contributed by atoms with van der Waals surface area (Å²) in [6.45, 7) is 0.239. The Bertz CT molecular complexity index is 1140. The number of rotatable bonds is 5.